The molecule has 0 aromatic carbocycles. The van der Waals surface area contributed by atoms with Crippen molar-refractivity contribution in [3.8, 4) is 0 Å². The zero-order valence-corrected chi connectivity index (χ0v) is 32.9. The van der Waals surface area contributed by atoms with Gasteiger partial charge in [0, 0.05) is 5.41 Å². The monoisotopic (exact) mass is 766 g/mol. The number of carboxylic acids is 1. The third-order valence-electron chi connectivity index (χ3n) is 17.0. The van der Waals surface area contributed by atoms with Crippen molar-refractivity contribution in [1.29, 1.82) is 0 Å². The molecule has 8 N–H and O–H groups in total. The van der Waals surface area contributed by atoms with Crippen molar-refractivity contribution in [1.82, 2.24) is 0 Å². The van der Waals surface area contributed by atoms with Crippen LogP contribution in [-0.4, -0.2) is 128 Å². The topological polar surface area (TPSA) is 216 Å². The first-order valence-electron chi connectivity index (χ1n) is 20.4. The molecule has 0 bridgehead atoms. The van der Waals surface area contributed by atoms with Crippen LogP contribution in [0.4, 0.5) is 0 Å². The first-order valence-corrected chi connectivity index (χ1v) is 20.4. The molecule has 2 heterocycles. The van der Waals surface area contributed by atoms with Gasteiger partial charge >= 0.3 is 5.97 Å². The SMILES string of the molecule is CC1(C)CC[C@]2(C(=O)O)CC[C@@]3(C)C(=CC[C@H]4[C@]5(C)CC[C@@H](O[C@@H]6OC[C@@H](O[C@H]7O[C@@H](CO)[C@H](O)[C@@H](O)[C@@H]7O)[C@H](O)[C@@H]6O)[C@](C)(CO)[C@@H]5CC[C@]43C)[C@@H]2C1. The van der Waals surface area contributed by atoms with Crippen molar-refractivity contribution in [3.63, 3.8) is 0 Å². The lowest BCUT2D eigenvalue weighted by molar-refractivity contribution is -0.352. The average Bonchev–Trinajstić information content (AvgIpc) is 3.12. The summed E-state index contributed by atoms with van der Waals surface area (Å²) in [6.45, 7) is 12.9. The van der Waals surface area contributed by atoms with E-state index in [2.05, 4.69) is 47.6 Å². The lowest BCUT2D eigenvalue weighted by Crippen LogP contribution is -2.67. The van der Waals surface area contributed by atoms with Crippen molar-refractivity contribution < 1.29 is 64.6 Å². The van der Waals surface area contributed by atoms with E-state index in [0.29, 0.717) is 18.8 Å². The van der Waals surface area contributed by atoms with Gasteiger partial charge in [-0.1, -0.05) is 53.2 Å². The molecule has 0 radical (unpaired) electrons. The van der Waals surface area contributed by atoms with Gasteiger partial charge in [-0.05, 0) is 104 Å². The maximum absolute atomic E-state index is 13.0. The number of aliphatic hydroxyl groups excluding tert-OH is 7. The summed E-state index contributed by atoms with van der Waals surface area (Å²) < 4.78 is 23.6. The van der Waals surface area contributed by atoms with Crippen LogP contribution in [0.15, 0.2) is 11.6 Å². The van der Waals surface area contributed by atoms with Gasteiger partial charge in [0.2, 0.25) is 0 Å². The Balaban J connectivity index is 1.08. The van der Waals surface area contributed by atoms with Crippen molar-refractivity contribution in [2.45, 2.75) is 167 Å². The molecule has 4 saturated carbocycles. The van der Waals surface area contributed by atoms with Gasteiger partial charge in [0.25, 0.3) is 0 Å². The Morgan fingerprint density at radius 2 is 1.48 bits per heavy atom. The molecule has 0 amide bonds. The third kappa shape index (κ3) is 5.92. The van der Waals surface area contributed by atoms with E-state index in [1.165, 1.54) is 5.57 Å². The van der Waals surface area contributed by atoms with Crippen LogP contribution in [0.25, 0.3) is 0 Å². The van der Waals surface area contributed by atoms with Crippen LogP contribution in [0.1, 0.15) is 106 Å². The molecule has 13 nitrogen and oxygen atoms in total. The van der Waals surface area contributed by atoms with Gasteiger partial charge in [-0.3, -0.25) is 4.79 Å². The van der Waals surface area contributed by atoms with Crippen molar-refractivity contribution in [3.05, 3.63) is 11.6 Å². The molecule has 308 valence electrons. The third-order valence-corrected chi connectivity index (χ3v) is 17.0. The standard InChI is InChI=1S/C41H66O13/c1-36(2)13-15-41(35(49)50)16-14-39(5)21(22(41)17-36)7-8-26-37(3)11-10-27(38(4,20-43)25(37)9-12-40(26,39)6)54-33-31(47)29(45)24(19-51-33)53-34-32(48)30(46)28(44)23(18-42)52-34/h7,22-34,42-48H,8-20H2,1-6H3,(H,49,50)/t22-,23-,24+,25+,26-,27+,28-,29-,30+,31-,32-,33-,34+,37+,38+,39-,40+,41-/m0/s1. The smallest absolute Gasteiger partial charge is 0.310 e. The number of rotatable bonds is 7. The predicted molar refractivity (Wildman–Crippen MR) is 193 cm³/mol. The van der Waals surface area contributed by atoms with Gasteiger partial charge in [-0.25, -0.2) is 0 Å². The first kappa shape index (κ1) is 40.9. The van der Waals surface area contributed by atoms with Gasteiger partial charge in [0.05, 0.1) is 31.3 Å². The largest absolute Gasteiger partial charge is 0.481 e. The Hall–Kier alpha value is -1.23. The highest BCUT2D eigenvalue weighted by Crippen LogP contribution is 2.76. The highest BCUT2D eigenvalue weighted by atomic mass is 16.7. The van der Waals surface area contributed by atoms with Gasteiger partial charge in [0.15, 0.2) is 12.6 Å². The molecule has 18 atom stereocenters. The van der Waals surface area contributed by atoms with E-state index in [9.17, 15) is 45.6 Å². The molecule has 7 aliphatic rings. The lowest BCUT2D eigenvalue weighted by atomic mass is 9.33. The van der Waals surface area contributed by atoms with Crippen molar-refractivity contribution in [2.24, 2.45) is 50.2 Å². The summed E-state index contributed by atoms with van der Waals surface area (Å²) in [6, 6.07) is 0. The number of aliphatic hydroxyl groups is 7. The molecule has 0 unspecified atom stereocenters. The van der Waals surface area contributed by atoms with Crippen LogP contribution >= 0.6 is 0 Å². The number of carbonyl (C=O) groups is 1. The van der Waals surface area contributed by atoms with E-state index in [1.807, 2.05) is 0 Å². The molecule has 0 aromatic heterocycles. The predicted octanol–water partition coefficient (Wildman–Crippen LogP) is 2.49. The Morgan fingerprint density at radius 1 is 0.796 bits per heavy atom. The van der Waals surface area contributed by atoms with Crippen LogP contribution in [-0.2, 0) is 23.7 Å². The molecule has 5 aliphatic carbocycles. The summed E-state index contributed by atoms with van der Waals surface area (Å²) >= 11 is 0. The normalized spacial score (nSPS) is 54.3. The van der Waals surface area contributed by atoms with Gasteiger partial charge in [-0.2, -0.15) is 0 Å². The van der Waals surface area contributed by atoms with Crippen LogP contribution in [0.3, 0.4) is 0 Å². The number of carboxylic acid groups (broad SMARTS) is 1. The Labute approximate surface area is 319 Å². The fourth-order valence-electron chi connectivity index (χ4n) is 13.4. The molecule has 0 aromatic rings. The van der Waals surface area contributed by atoms with E-state index in [4.69, 9.17) is 18.9 Å². The summed E-state index contributed by atoms with van der Waals surface area (Å²) in [5.41, 5.74) is -0.234. The number of ether oxygens (including phenoxy) is 4. The Morgan fingerprint density at radius 3 is 2.15 bits per heavy atom. The molecular formula is C41H66O13. The van der Waals surface area contributed by atoms with E-state index in [-0.39, 0.29) is 46.7 Å². The van der Waals surface area contributed by atoms with E-state index in [0.717, 1.165) is 51.4 Å². The second-order valence-corrected chi connectivity index (χ2v) is 20.1. The maximum atomic E-state index is 13.0. The summed E-state index contributed by atoms with van der Waals surface area (Å²) in [5, 5.41) is 84.5. The molecule has 13 heteroatoms. The van der Waals surface area contributed by atoms with E-state index in [1.54, 1.807) is 0 Å². The second kappa shape index (κ2) is 14.0. The fraction of sp³-hybridized carbons (Fsp3) is 0.927. The molecule has 2 aliphatic heterocycles. The number of allylic oxidation sites excluding steroid dienone is 2. The minimum Gasteiger partial charge on any atom is -0.481 e. The van der Waals surface area contributed by atoms with E-state index < -0.39 is 84.8 Å². The Bertz CT molecular complexity index is 1450. The fourth-order valence-corrected chi connectivity index (χ4v) is 13.4. The number of hydrogen-bond donors (Lipinski definition) is 8. The lowest BCUT2D eigenvalue weighted by Gasteiger charge is -2.71. The van der Waals surface area contributed by atoms with Crippen LogP contribution in [0.2, 0.25) is 0 Å². The first-order chi connectivity index (χ1) is 25.2. The number of aliphatic carboxylic acids is 1. The van der Waals surface area contributed by atoms with Crippen molar-refractivity contribution in [2.75, 3.05) is 19.8 Å². The van der Waals surface area contributed by atoms with Gasteiger partial charge < -0.3 is 59.8 Å². The van der Waals surface area contributed by atoms with Crippen LogP contribution < -0.4 is 0 Å². The molecule has 0 spiro atoms. The van der Waals surface area contributed by atoms with Crippen molar-refractivity contribution >= 4 is 5.97 Å². The van der Waals surface area contributed by atoms with E-state index >= 15 is 0 Å². The molecule has 2 saturated heterocycles. The number of fused-ring (bicyclic) bond motifs is 7. The maximum Gasteiger partial charge on any atom is 0.310 e. The summed E-state index contributed by atoms with van der Waals surface area (Å²) in [6.07, 6.45) is -2.86. The van der Waals surface area contributed by atoms with Crippen LogP contribution in [0, 0.1) is 50.2 Å². The quantitative estimate of drug-likeness (QED) is 0.138. The molecular weight excluding hydrogens is 700 g/mol. The summed E-state index contributed by atoms with van der Waals surface area (Å²) in [4.78, 5) is 13.0. The summed E-state index contributed by atoms with van der Waals surface area (Å²) in [7, 11) is 0. The second-order valence-electron chi connectivity index (χ2n) is 20.1. The highest BCUT2D eigenvalue weighted by Gasteiger charge is 2.70. The minimum absolute atomic E-state index is 0.0344. The molecule has 6 fully saturated rings. The zero-order chi connectivity index (χ0) is 39.4. The summed E-state index contributed by atoms with van der Waals surface area (Å²) in [5.74, 6) is -0.194. The Kier molecular flexibility index (Phi) is 10.6. The van der Waals surface area contributed by atoms with Gasteiger partial charge in [0.1, 0.15) is 42.7 Å². The van der Waals surface area contributed by atoms with Gasteiger partial charge in [-0.15, -0.1) is 0 Å². The molecule has 7 rings (SSSR count). The number of hydrogen-bond acceptors (Lipinski definition) is 12. The minimum atomic E-state index is -1.68. The average molecular weight is 767 g/mol. The highest BCUT2D eigenvalue weighted by molar-refractivity contribution is 5.76. The molecule has 54 heavy (non-hydrogen) atoms. The zero-order valence-electron chi connectivity index (χ0n) is 32.9. The van der Waals surface area contributed by atoms with Crippen LogP contribution in [0.5, 0.6) is 0 Å².